The Hall–Kier alpha value is -3.44. The van der Waals surface area contributed by atoms with Crippen molar-refractivity contribution >= 4 is 40.3 Å². The molecule has 1 heterocycles. The number of aromatic nitrogens is 3. The van der Waals surface area contributed by atoms with Gasteiger partial charge in [-0.05, 0) is 48.0 Å². The molecular formula is C21H15ClN4O. The summed E-state index contributed by atoms with van der Waals surface area (Å²) in [4.78, 5) is 13.7. The summed E-state index contributed by atoms with van der Waals surface area (Å²) in [5, 5.41) is 12.4. The average molecular weight is 375 g/mol. The zero-order chi connectivity index (χ0) is 18.6. The fraction of sp³-hybridized carbons (Fsp3) is 0. The number of nitrogens with zero attached hydrogens (tertiary/aromatic N) is 3. The van der Waals surface area contributed by atoms with E-state index in [0.29, 0.717) is 16.2 Å². The smallest absolute Gasteiger partial charge is 0.248 e. The first-order valence-corrected chi connectivity index (χ1v) is 8.72. The molecule has 5 nitrogen and oxygen atoms in total. The summed E-state index contributed by atoms with van der Waals surface area (Å²) in [7, 11) is 0. The molecule has 0 fully saturated rings. The molecule has 0 aliphatic heterocycles. The van der Waals surface area contributed by atoms with Crippen molar-refractivity contribution in [3.8, 4) is 5.69 Å². The summed E-state index contributed by atoms with van der Waals surface area (Å²) < 4.78 is 0. The topological polar surface area (TPSA) is 59.8 Å². The predicted molar refractivity (Wildman–Crippen MR) is 108 cm³/mol. The quantitative estimate of drug-likeness (QED) is 0.525. The number of hydrogen-bond donors (Lipinski definition) is 1. The minimum Gasteiger partial charge on any atom is -0.322 e. The monoisotopic (exact) mass is 374 g/mol. The molecule has 0 aliphatic rings. The van der Waals surface area contributed by atoms with E-state index >= 15 is 0 Å². The molecule has 0 unspecified atom stereocenters. The van der Waals surface area contributed by atoms with Crippen molar-refractivity contribution in [2.24, 2.45) is 0 Å². The standard InChI is InChI=1S/C21H15ClN4O/c22-16-7-4-8-18(13-16)26-24-19-11-10-17(14-20(19)25-26)23-21(27)12-9-15-5-2-1-3-6-15/h1-14H,(H,23,27)/b12-9-. The molecule has 1 amide bonds. The van der Waals surface area contributed by atoms with Crippen molar-refractivity contribution < 1.29 is 4.79 Å². The number of carbonyl (C=O) groups excluding carboxylic acids is 1. The highest BCUT2D eigenvalue weighted by Gasteiger charge is 2.07. The number of rotatable bonds is 4. The molecule has 4 rings (SSSR count). The molecule has 27 heavy (non-hydrogen) atoms. The number of hydrogen-bond acceptors (Lipinski definition) is 3. The zero-order valence-electron chi connectivity index (χ0n) is 14.2. The van der Waals surface area contributed by atoms with E-state index < -0.39 is 0 Å². The van der Waals surface area contributed by atoms with Crippen LogP contribution in [-0.2, 0) is 4.79 Å². The van der Waals surface area contributed by atoms with E-state index in [1.807, 2.05) is 48.5 Å². The molecule has 0 spiro atoms. The SMILES string of the molecule is O=C(/C=C\c1ccccc1)Nc1ccc2nn(-c3cccc(Cl)c3)nc2c1. The maximum absolute atomic E-state index is 12.1. The number of carbonyl (C=O) groups is 1. The van der Waals surface area contributed by atoms with Crippen molar-refractivity contribution in [1.29, 1.82) is 0 Å². The van der Waals surface area contributed by atoms with E-state index in [4.69, 9.17) is 11.6 Å². The van der Waals surface area contributed by atoms with Crippen LogP contribution in [0.5, 0.6) is 0 Å². The molecule has 132 valence electrons. The van der Waals surface area contributed by atoms with Gasteiger partial charge < -0.3 is 5.32 Å². The summed E-state index contributed by atoms with van der Waals surface area (Å²) in [6.07, 6.45) is 3.27. The molecule has 0 saturated carbocycles. The van der Waals surface area contributed by atoms with Crippen LogP contribution in [0.25, 0.3) is 22.8 Å². The lowest BCUT2D eigenvalue weighted by atomic mass is 10.2. The van der Waals surface area contributed by atoms with E-state index in [9.17, 15) is 4.79 Å². The molecule has 0 saturated heterocycles. The van der Waals surface area contributed by atoms with Crippen molar-refractivity contribution in [1.82, 2.24) is 15.0 Å². The second kappa shape index (κ2) is 7.43. The third-order valence-corrected chi connectivity index (χ3v) is 4.15. The fourth-order valence-corrected chi connectivity index (χ4v) is 2.81. The molecule has 1 N–H and O–H groups in total. The predicted octanol–water partition coefficient (Wildman–Crippen LogP) is 4.73. The van der Waals surface area contributed by atoms with E-state index in [1.54, 1.807) is 30.3 Å². The third-order valence-electron chi connectivity index (χ3n) is 3.91. The second-order valence-corrected chi connectivity index (χ2v) is 6.34. The van der Waals surface area contributed by atoms with E-state index in [0.717, 1.165) is 16.8 Å². The summed E-state index contributed by atoms with van der Waals surface area (Å²) in [6, 6.07) is 22.4. The van der Waals surface area contributed by atoms with Gasteiger partial charge in [0.15, 0.2) is 0 Å². The fourth-order valence-electron chi connectivity index (χ4n) is 2.63. The molecule has 0 radical (unpaired) electrons. The largest absolute Gasteiger partial charge is 0.322 e. The number of benzene rings is 3. The summed E-state index contributed by atoms with van der Waals surface area (Å²) >= 11 is 6.03. The maximum atomic E-state index is 12.1. The summed E-state index contributed by atoms with van der Waals surface area (Å²) in [5.74, 6) is -0.208. The van der Waals surface area contributed by atoms with Crippen LogP contribution in [0.3, 0.4) is 0 Å². The Morgan fingerprint density at radius 1 is 0.926 bits per heavy atom. The molecule has 6 heteroatoms. The number of halogens is 1. The summed E-state index contributed by atoms with van der Waals surface area (Å²) in [6.45, 7) is 0. The maximum Gasteiger partial charge on any atom is 0.248 e. The van der Waals surface area contributed by atoms with E-state index in [1.165, 1.54) is 10.9 Å². The lowest BCUT2D eigenvalue weighted by Crippen LogP contribution is -2.07. The van der Waals surface area contributed by atoms with Gasteiger partial charge in [0.1, 0.15) is 11.0 Å². The van der Waals surface area contributed by atoms with Gasteiger partial charge in [0.25, 0.3) is 0 Å². The minimum absolute atomic E-state index is 0.208. The average Bonchev–Trinajstić information content (AvgIpc) is 3.11. The van der Waals surface area contributed by atoms with Crippen molar-refractivity contribution in [3.05, 3.63) is 89.5 Å². The molecule has 0 aliphatic carbocycles. The Bertz CT molecular complexity index is 1140. The van der Waals surface area contributed by atoms with E-state index in [2.05, 4.69) is 15.5 Å². The number of nitrogens with one attached hydrogen (secondary N) is 1. The zero-order valence-corrected chi connectivity index (χ0v) is 15.0. The van der Waals surface area contributed by atoms with Crippen LogP contribution in [0.15, 0.2) is 78.9 Å². The van der Waals surface area contributed by atoms with E-state index in [-0.39, 0.29) is 5.91 Å². The van der Waals surface area contributed by atoms with Gasteiger partial charge in [-0.1, -0.05) is 48.0 Å². The van der Waals surface area contributed by atoms with Crippen LogP contribution in [-0.4, -0.2) is 20.9 Å². The lowest BCUT2D eigenvalue weighted by Gasteiger charge is -2.01. The van der Waals surface area contributed by atoms with Gasteiger partial charge >= 0.3 is 0 Å². The second-order valence-electron chi connectivity index (χ2n) is 5.91. The highest BCUT2D eigenvalue weighted by atomic mass is 35.5. The van der Waals surface area contributed by atoms with Gasteiger partial charge in [-0.3, -0.25) is 4.79 Å². The molecule has 0 bridgehead atoms. The molecular weight excluding hydrogens is 360 g/mol. The third kappa shape index (κ3) is 4.04. The molecule has 0 atom stereocenters. The number of amides is 1. The van der Waals surface area contributed by atoms with Gasteiger partial charge in [0, 0.05) is 16.8 Å². The lowest BCUT2D eigenvalue weighted by molar-refractivity contribution is -0.111. The molecule has 3 aromatic carbocycles. The minimum atomic E-state index is -0.208. The van der Waals surface area contributed by atoms with Crippen molar-refractivity contribution in [2.75, 3.05) is 5.32 Å². The first-order chi connectivity index (χ1) is 13.2. The van der Waals surface area contributed by atoms with Gasteiger partial charge in [-0.15, -0.1) is 10.2 Å². The number of fused-ring (bicyclic) bond motifs is 1. The van der Waals surface area contributed by atoms with Gasteiger partial charge in [-0.2, -0.15) is 4.80 Å². The van der Waals surface area contributed by atoms with Gasteiger partial charge in [-0.25, -0.2) is 0 Å². The Labute approximate surface area is 160 Å². The Morgan fingerprint density at radius 2 is 1.74 bits per heavy atom. The summed E-state index contributed by atoms with van der Waals surface area (Å²) in [5.41, 5.74) is 3.80. The molecule has 4 aromatic rings. The van der Waals surface area contributed by atoms with Crippen molar-refractivity contribution in [3.63, 3.8) is 0 Å². The van der Waals surface area contributed by atoms with Gasteiger partial charge in [0.2, 0.25) is 5.91 Å². The van der Waals surface area contributed by atoms with Crippen LogP contribution in [0.1, 0.15) is 5.56 Å². The van der Waals surface area contributed by atoms with Crippen LogP contribution in [0.4, 0.5) is 5.69 Å². The molecule has 1 aromatic heterocycles. The van der Waals surface area contributed by atoms with Crippen molar-refractivity contribution in [2.45, 2.75) is 0 Å². The number of anilines is 1. The normalized spacial score (nSPS) is 11.1. The van der Waals surface area contributed by atoms with Crippen LogP contribution in [0.2, 0.25) is 5.02 Å². The Morgan fingerprint density at radius 3 is 2.56 bits per heavy atom. The Kier molecular flexibility index (Phi) is 4.68. The van der Waals surface area contributed by atoms with Crippen LogP contribution < -0.4 is 5.32 Å². The van der Waals surface area contributed by atoms with Crippen LogP contribution in [0, 0.1) is 0 Å². The van der Waals surface area contributed by atoms with Gasteiger partial charge in [0.05, 0.1) is 5.69 Å². The highest BCUT2D eigenvalue weighted by Crippen LogP contribution is 2.19. The Balaban J connectivity index is 1.53. The van der Waals surface area contributed by atoms with Crippen LogP contribution >= 0.6 is 11.6 Å². The first-order valence-electron chi connectivity index (χ1n) is 8.34. The highest BCUT2D eigenvalue weighted by molar-refractivity contribution is 6.30. The first kappa shape index (κ1) is 17.0.